The average Bonchev–Trinajstić information content (AvgIpc) is 2.40. The summed E-state index contributed by atoms with van der Waals surface area (Å²) in [7, 11) is 3.24. The molecule has 2 aromatic carbocycles. The number of nitrogens with two attached hydrogens (primary N) is 2. The number of hydrogen-bond acceptors (Lipinski definition) is 4. The van der Waals surface area contributed by atoms with E-state index in [9.17, 15) is 0 Å². The maximum Gasteiger partial charge on any atom is 0.127 e. The lowest BCUT2D eigenvalue weighted by molar-refractivity contribution is 0.404. The Balaban J connectivity index is 0.00000180. The van der Waals surface area contributed by atoms with Gasteiger partial charge in [0.2, 0.25) is 0 Å². The van der Waals surface area contributed by atoms with Gasteiger partial charge in [-0.05, 0) is 36.4 Å². The minimum Gasteiger partial charge on any atom is -0.497 e. The summed E-state index contributed by atoms with van der Waals surface area (Å²) in [6.45, 7) is 0. The number of hydrogen-bond donors (Lipinski definition) is 2. The molecule has 0 heterocycles. The lowest BCUT2D eigenvalue weighted by Crippen LogP contribution is -1.96. The highest BCUT2D eigenvalue weighted by Crippen LogP contribution is 2.37. The Labute approximate surface area is 130 Å². The topological polar surface area (TPSA) is 70.5 Å². The van der Waals surface area contributed by atoms with Crippen LogP contribution in [-0.2, 0) is 0 Å². The summed E-state index contributed by atoms with van der Waals surface area (Å²) in [5, 5.41) is 0. The molecule has 4 N–H and O–H groups in total. The molecule has 110 valence electrons. The first-order valence-electron chi connectivity index (χ1n) is 5.53. The second kappa shape index (κ2) is 7.72. The third-order valence-electron chi connectivity index (χ3n) is 2.77. The molecule has 2 aromatic rings. The summed E-state index contributed by atoms with van der Waals surface area (Å²) in [6.07, 6.45) is 0. The molecule has 0 spiro atoms. The smallest absolute Gasteiger partial charge is 0.127 e. The van der Waals surface area contributed by atoms with Crippen LogP contribution in [0.1, 0.15) is 0 Å². The zero-order chi connectivity index (χ0) is 13.1. The molecule has 0 radical (unpaired) electrons. The Kier molecular flexibility index (Phi) is 7.04. The largest absolute Gasteiger partial charge is 0.497 e. The molecule has 0 amide bonds. The first kappa shape index (κ1) is 18.2. The zero-order valence-electron chi connectivity index (χ0n) is 11.3. The van der Waals surface area contributed by atoms with E-state index in [1.165, 1.54) is 0 Å². The van der Waals surface area contributed by atoms with Crippen LogP contribution in [-0.4, -0.2) is 14.2 Å². The molecule has 0 atom stereocenters. The summed E-state index contributed by atoms with van der Waals surface area (Å²) in [4.78, 5) is 0. The van der Waals surface area contributed by atoms with Gasteiger partial charge in [-0.3, -0.25) is 0 Å². The SMILES string of the molecule is COc1ccc(OC)c(-c2cc(N)ccc2N)c1.Cl.Cl. The monoisotopic (exact) mass is 316 g/mol. The fourth-order valence-electron chi connectivity index (χ4n) is 1.83. The Bertz CT molecular complexity index is 577. The van der Waals surface area contributed by atoms with Crippen molar-refractivity contribution < 1.29 is 9.47 Å². The highest BCUT2D eigenvalue weighted by atomic mass is 35.5. The van der Waals surface area contributed by atoms with Crippen LogP contribution in [0.25, 0.3) is 11.1 Å². The van der Waals surface area contributed by atoms with Crippen molar-refractivity contribution in [3.63, 3.8) is 0 Å². The maximum absolute atomic E-state index is 5.98. The minimum absolute atomic E-state index is 0. The van der Waals surface area contributed by atoms with E-state index in [2.05, 4.69) is 0 Å². The van der Waals surface area contributed by atoms with E-state index in [0.29, 0.717) is 11.4 Å². The summed E-state index contributed by atoms with van der Waals surface area (Å²) >= 11 is 0. The van der Waals surface area contributed by atoms with Crippen molar-refractivity contribution in [3.05, 3.63) is 36.4 Å². The molecule has 20 heavy (non-hydrogen) atoms. The Morgan fingerprint density at radius 3 is 2.10 bits per heavy atom. The van der Waals surface area contributed by atoms with Gasteiger partial charge in [-0.15, -0.1) is 24.8 Å². The highest BCUT2D eigenvalue weighted by molar-refractivity contribution is 5.85. The Morgan fingerprint density at radius 2 is 1.50 bits per heavy atom. The molecule has 0 fully saturated rings. The van der Waals surface area contributed by atoms with E-state index in [4.69, 9.17) is 20.9 Å². The maximum atomic E-state index is 5.98. The average molecular weight is 317 g/mol. The van der Waals surface area contributed by atoms with E-state index < -0.39 is 0 Å². The first-order valence-corrected chi connectivity index (χ1v) is 5.53. The lowest BCUT2D eigenvalue weighted by Gasteiger charge is -2.13. The van der Waals surface area contributed by atoms with Gasteiger partial charge in [-0.1, -0.05) is 0 Å². The van der Waals surface area contributed by atoms with Crippen molar-refractivity contribution >= 4 is 36.2 Å². The van der Waals surface area contributed by atoms with E-state index in [1.807, 2.05) is 24.3 Å². The summed E-state index contributed by atoms with van der Waals surface area (Å²) in [5.41, 5.74) is 14.8. The number of anilines is 2. The van der Waals surface area contributed by atoms with Gasteiger partial charge < -0.3 is 20.9 Å². The van der Waals surface area contributed by atoms with Gasteiger partial charge in [0, 0.05) is 22.5 Å². The van der Waals surface area contributed by atoms with Crippen LogP contribution in [0.2, 0.25) is 0 Å². The Morgan fingerprint density at radius 1 is 0.800 bits per heavy atom. The second-order valence-electron chi connectivity index (χ2n) is 3.91. The van der Waals surface area contributed by atoms with Crippen molar-refractivity contribution in [2.75, 3.05) is 25.7 Å². The summed E-state index contributed by atoms with van der Waals surface area (Å²) in [6, 6.07) is 10.9. The number of methoxy groups -OCH3 is 2. The molecule has 0 unspecified atom stereocenters. The lowest BCUT2D eigenvalue weighted by atomic mass is 10.0. The molecule has 4 nitrogen and oxygen atoms in total. The fraction of sp³-hybridized carbons (Fsp3) is 0.143. The molecule has 0 aliphatic heterocycles. The predicted octanol–water partition coefficient (Wildman–Crippen LogP) is 3.38. The standard InChI is InChI=1S/C14H16N2O2.2ClH/c1-17-10-4-6-14(18-2)12(8-10)11-7-9(15)3-5-13(11)16;;/h3-8H,15-16H2,1-2H3;2*1H. The minimum atomic E-state index is 0. The van der Waals surface area contributed by atoms with Crippen LogP contribution in [0.15, 0.2) is 36.4 Å². The summed E-state index contributed by atoms with van der Waals surface area (Å²) in [5.74, 6) is 1.47. The molecule has 0 aromatic heterocycles. The number of rotatable bonds is 3. The molecule has 0 aliphatic carbocycles. The predicted molar refractivity (Wildman–Crippen MR) is 88.3 cm³/mol. The van der Waals surface area contributed by atoms with Crippen LogP contribution in [0.5, 0.6) is 11.5 Å². The van der Waals surface area contributed by atoms with Crippen LogP contribution in [0, 0.1) is 0 Å². The van der Waals surface area contributed by atoms with Gasteiger partial charge in [-0.25, -0.2) is 0 Å². The molecule has 0 saturated heterocycles. The second-order valence-corrected chi connectivity index (χ2v) is 3.91. The molecule has 6 heteroatoms. The van der Waals surface area contributed by atoms with Gasteiger partial charge in [0.1, 0.15) is 11.5 Å². The summed E-state index contributed by atoms with van der Waals surface area (Å²) < 4.78 is 10.6. The van der Waals surface area contributed by atoms with Crippen molar-refractivity contribution in [2.24, 2.45) is 0 Å². The van der Waals surface area contributed by atoms with Crippen LogP contribution in [0.3, 0.4) is 0 Å². The fourth-order valence-corrected chi connectivity index (χ4v) is 1.83. The number of nitrogen functional groups attached to an aromatic ring is 2. The van der Waals surface area contributed by atoms with Crippen molar-refractivity contribution in [2.45, 2.75) is 0 Å². The Hall–Kier alpha value is -1.78. The van der Waals surface area contributed by atoms with Crippen molar-refractivity contribution in [1.29, 1.82) is 0 Å². The van der Waals surface area contributed by atoms with Gasteiger partial charge in [0.05, 0.1) is 14.2 Å². The molecule has 0 aliphatic rings. The quantitative estimate of drug-likeness (QED) is 0.852. The third-order valence-corrected chi connectivity index (χ3v) is 2.77. The molecule has 0 saturated carbocycles. The number of halogens is 2. The molecular weight excluding hydrogens is 299 g/mol. The van der Waals surface area contributed by atoms with Crippen molar-refractivity contribution in [1.82, 2.24) is 0 Å². The molecule has 0 bridgehead atoms. The van der Waals surface area contributed by atoms with Gasteiger partial charge in [0.25, 0.3) is 0 Å². The van der Waals surface area contributed by atoms with E-state index >= 15 is 0 Å². The third kappa shape index (κ3) is 3.62. The van der Waals surface area contributed by atoms with Crippen LogP contribution in [0.4, 0.5) is 11.4 Å². The zero-order valence-corrected chi connectivity index (χ0v) is 12.9. The number of ether oxygens (including phenoxy) is 2. The number of benzene rings is 2. The molecular formula is C14H18Cl2N2O2. The van der Waals surface area contributed by atoms with Crippen molar-refractivity contribution in [3.8, 4) is 22.6 Å². The van der Waals surface area contributed by atoms with Gasteiger partial charge in [-0.2, -0.15) is 0 Å². The van der Waals surface area contributed by atoms with E-state index in [1.54, 1.807) is 26.4 Å². The first-order chi connectivity index (χ1) is 8.65. The van der Waals surface area contributed by atoms with Gasteiger partial charge in [0.15, 0.2) is 0 Å². The van der Waals surface area contributed by atoms with Gasteiger partial charge >= 0.3 is 0 Å². The van der Waals surface area contributed by atoms with E-state index in [0.717, 1.165) is 22.6 Å². The highest BCUT2D eigenvalue weighted by Gasteiger charge is 2.10. The van der Waals surface area contributed by atoms with E-state index in [-0.39, 0.29) is 24.8 Å². The normalized spacial score (nSPS) is 9.10. The van der Waals surface area contributed by atoms with Crippen LogP contribution >= 0.6 is 24.8 Å². The molecule has 2 rings (SSSR count). The van der Waals surface area contributed by atoms with Crippen LogP contribution < -0.4 is 20.9 Å².